The van der Waals surface area contributed by atoms with Gasteiger partial charge in [-0.3, -0.25) is 9.59 Å². The average molecular weight is 401 g/mol. The maximum atomic E-state index is 12.0. The Kier molecular flexibility index (Phi) is 6.95. The first-order chi connectivity index (χ1) is 12.0. The molecule has 2 aromatic carbocycles. The molecule has 0 aromatic heterocycles. The van der Waals surface area contributed by atoms with Gasteiger partial charge in [0, 0.05) is 40.6 Å². The minimum atomic E-state index is -0.332. The second-order valence-corrected chi connectivity index (χ2v) is 6.33. The standard InChI is InChI=1S/C20H21BrN2O2/c1-3-23(4-2)18-11-9-17(10-12-18)22-20(25)14-13-19(24)15-5-7-16(21)8-6-15/h5-14H,3-4H2,1-2H3,(H,22,25)/b14-13+. The first kappa shape index (κ1) is 18.9. The monoisotopic (exact) mass is 400 g/mol. The number of halogens is 1. The van der Waals surface area contributed by atoms with Crippen molar-refractivity contribution in [3.8, 4) is 0 Å². The number of benzene rings is 2. The molecule has 1 amide bonds. The summed E-state index contributed by atoms with van der Waals surface area (Å²) in [5, 5.41) is 2.76. The highest BCUT2D eigenvalue weighted by molar-refractivity contribution is 9.10. The molecular weight excluding hydrogens is 380 g/mol. The van der Waals surface area contributed by atoms with Gasteiger partial charge >= 0.3 is 0 Å². The first-order valence-electron chi connectivity index (χ1n) is 8.17. The highest BCUT2D eigenvalue weighted by Gasteiger charge is 2.05. The third-order valence-electron chi connectivity index (χ3n) is 3.78. The van der Waals surface area contributed by atoms with Crippen molar-refractivity contribution in [1.82, 2.24) is 0 Å². The molecule has 0 aliphatic carbocycles. The van der Waals surface area contributed by atoms with Gasteiger partial charge in [0.2, 0.25) is 5.91 Å². The second kappa shape index (κ2) is 9.18. The van der Waals surface area contributed by atoms with E-state index in [1.54, 1.807) is 24.3 Å². The van der Waals surface area contributed by atoms with Gasteiger partial charge in [-0.05, 0) is 68.5 Å². The van der Waals surface area contributed by atoms with Gasteiger partial charge in [-0.1, -0.05) is 15.9 Å². The molecule has 0 radical (unpaired) electrons. The van der Waals surface area contributed by atoms with Crippen molar-refractivity contribution in [1.29, 1.82) is 0 Å². The Bertz CT molecular complexity index is 748. The van der Waals surface area contributed by atoms with Gasteiger partial charge in [-0.25, -0.2) is 0 Å². The molecule has 5 heteroatoms. The lowest BCUT2D eigenvalue weighted by molar-refractivity contribution is -0.111. The van der Waals surface area contributed by atoms with Crippen LogP contribution in [0.15, 0.2) is 65.2 Å². The summed E-state index contributed by atoms with van der Waals surface area (Å²) in [4.78, 5) is 26.2. The van der Waals surface area contributed by atoms with Gasteiger partial charge in [0.1, 0.15) is 0 Å². The van der Waals surface area contributed by atoms with Crippen molar-refractivity contribution >= 4 is 39.0 Å². The predicted molar refractivity (Wildman–Crippen MR) is 106 cm³/mol. The summed E-state index contributed by atoms with van der Waals surface area (Å²) in [6.07, 6.45) is 2.53. The molecule has 0 spiro atoms. The van der Waals surface area contributed by atoms with E-state index < -0.39 is 0 Å². The zero-order chi connectivity index (χ0) is 18.2. The quantitative estimate of drug-likeness (QED) is 0.542. The number of anilines is 2. The van der Waals surface area contributed by atoms with Crippen LogP contribution >= 0.6 is 15.9 Å². The minimum Gasteiger partial charge on any atom is -0.372 e. The maximum Gasteiger partial charge on any atom is 0.248 e. The molecule has 0 fully saturated rings. The third-order valence-corrected chi connectivity index (χ3v) is 4.31. The lowest BCUT2D eigenvalue weighted by Crippen LogP contribution is -2.21. The Morgan fingerprint density at radius 3 is 2.12 bits per heavy atom. The average Bonchev–Trinajstić information content (AvgIpc) is 2.63. The summed E-state index contributed by atoms with van der Waals surface area (Å²) >= 11 is 3.32. The van der Waals surface area contributed by atoms with Crippen molar-refractivity contribution in [3.05, 3.63) is 70.7 Å². The number of allylic oxidation sites excluding steroid dienone is 1. The third kappa shape index (κ3) is 5.57. The van der Waals surface area contributed by atoms with E-state index in [-0.39, 0.29) is 11.7 Å². The Balaban J connectivity index is 1.95. The molecule has 0 heterocycles. The fraction of sp³-hybridized carbons (Fsp3) is 0.200. The SMILES string of the molecule is CCN(CC)c1ccc(NC(=O)/C=C/C(=O)c2ccc(Br)cc2)cc1. The van der Waals surface area contributed by atoms with Crippen LogP contribution in [0.3, 0.4) is 0 Å². The molecule has 0 aliphatic rings. The number of hydrogen-bond donors (Lipinski definition) is 1. The van der Waals surface area contributed by atoms with Crippen molar-refractivity contribution in [2.75, 3.05) is 23.3 Å². The van der Waals surface area contributed by atoms with Gasteiger partial charge in [0.25, 0.3) is 0 Å². The summed E-state index contributed by atoms with van der Waals surface area (Å²) < 4.78 is 0.902. The molecule has 2 aromatic rings. The van der Waals surface area contributed by atoms with Gasteiger partial charge in [0.05, 0.1) is 0 Å². The number of hydrogen-bond acceptors (Lipinski definition) is 3. The predicted octanol–water partition coefficient (Wildman–Crippen LogP) is 4.67. The number of amides is 1. The van der Waals surface area contributed by atoms with E-state index in [1.165, 1.54) is 12.2 Å². The number of rotatable bonds is 7. The summed E-state index contributed by atoms with van der Waals surface area (Å²) in [5.41, 5.74) is 2.35. The number of nitrogens with zero attached hydrogens (tertiary/aromatic N) is 1. The van der Waals surface area contributed by atoms with E-state index in [4.69, 9.17) is 0 Å². The topological polar surface area (TPSA) is 49.4 Å². The molecule has 0 saturated heterocycles. The largest absolute Gasteiger partial charge is 0.372 e. The summed E-state index contributed by atoms with van der Waals surface area (Å²) in [6.45, 7) is 6.07. The summed E-state index contributed by atoms with van der Waals surface area (Å²) in [7, 11) is 0. The van der Waals surface area contributed by atoms with Gasteiger partial charge in [0.15, 0.2) is 5.78 Å². The Labute approximate surface area is 156 Å². The molecule has 0 atom stereocenters. The van der Waals surface area contributed by atoms with Crippen LogP contribution in [0.1, 0.15) is 24.2 Å². The molecule has 0 bridgehead atoms. The Morgan fingerprint density at radius 1 is 0.960 bits per heavy atom. The zero-order valence-corrected chi connectivity index (χ0v) is 15.9. The number of carbonyl (C=O) groups is 2. The van der Waals surface area contributed by atoms with E-state index in [9.17, 15) is 9.59 Å². The van der Waals surface area contributed by atoms with Crippen molar-refractivity contribution < 1.29 is 9.59 Å². The molecule has 1 N–H and O–H groups in total. The lowest BCUT2D eigenvalue weighted by Gasteiger charge is -2.21. The number of ketones is 1. The summed E-state index contributed by atoms with van der Waals surface area (Å²) in [6, 6.07) is 14.7. The van der Waals surface area contributed by atoms with Crippen LogP contribution in [0.4, 0.5) is 11.4 Å². The van der Waals surface area contributed by atoms with Crippen LogP contribution in [-0.4, -0.2) is 24.8 Å². The van der Waals surface area contributed by atoms with E-state index in [0.717, 1.165) is 23.2 Å². The molecule has 0 aliphatic heterocycles. The van der Waals surface area contributed by atoms with Crippen molar-refractivity contribution in [3.63, 3.8) is 0 Å². The fourth-order valence-corrected chi connectivity index (χ4v) is 2.65. The highest BCUT2D eigenvalue weighted by atomic mass is 79.9. The van der Waals surface area contributed by atoms with Crippen LogP contribution in [0.5, 0.6) is 0 Å². The normalized spacial score (nSPS) is 10.7. The molecule has 4 nitrogen and oxygen atoms in total. The first-order valence-corrected chi connectivity index (χ1v) is 8.96. The van der Waals surface area contributed by atoms with Crippen LogP contribution in [0.2, 0.25) is 0 Å². The smallest absolute Gasteiger partial charge is 0.248 e. The molecular formula is C20H21BrN2O2. The molecule has 25 heavy (non-hydrogen) atoms. The van der Waals surface area contributed by atoms with E-state index in [1.807, 2.05) is 24.3 Å². The van der Waals surface area contributed by atoms with Crippen LogP contribution in [-0.2, 0) is 4.79 Å². The van der Waals surface area contributed by atoms with Crippen LogP contribution < -0.4 is 10.2 Å². The molecule has 130 valence electrons. The van der Waals surface area contributed by atoms with Crippen LogP contribution in [0.25, 0.3) is 0 Å². The van der Waals surface area contributed by atoms with Crippen molar-refractivity contribution in [2.24, 2.45) is 0 Å². The lowest BCUT2D eigenvalue weighted by atomic mass is 10.1. The number of nitrogens with one attached hydrogen (secondary N) is 1. The summed E-state index contributed by atoms with van der Waals surface area (Å²) in [5.74, 6) is -0.541. The van der Waals surface area contributed by atoms with Gasteiger partial charge in [-0.15, -0.1) is 0 Å². The van der Waals surface area contributed by atoms with E-state index >= 15 is 0 Å². The highest BCUT2D eigenvalue weighted by Crippen LogP contribution is 2.17. The van der Waals surface area contributed by atoms with Gasteiger partial charge in [-0.2, -0.15) is 0 Å². The Morgan fingerprint density at radius 2 is 1.56 bits per heavy atom. The minimum absolute atomic E-state index is 0.209. The van der Waals surface area contributed by atoms with Crippen molar-refractivity contribution in [2.45, 2.75) is 13.8 Å². The zero-order valence-electron chi connectivity index (χ0n) is 14.3. The maximum absolute atomic E-state index is 12.0. The fourth-order valence-electron chi connectivity index (χ4n) is 2.39. The molecule has 0 saturated carbocycles. The number of carbonyl (C=O) groups excluding carboxylic acids is 2. The van der Waals surface area contributed by atoms with Gasteiger partial charge < -0.3 is 10.2 Å². The molecule has 0 unspecified atom stereocenters. The molecule has 2 rings (SSSR count). The van der Waals surface area contributed by atoms with E-state index in [2.05, 4.69) is 40.0 Å². The van der Waals surface area contributed by atoms with E-state index in [0.29, 0.717) is 11.3 Å². The second-order valence-electron chi connectivity index (χ2n) is 5.41. The Hall–Kier alpha value is -2.40. The van der Waals surface area contributed by atoms with Crippen LogP contribution in [0, 0.1) is 0 Å².